The Morgan fingerprint density at radius 1 is 1.30 bits per heavy atom. The fourth-order valence-electron chi connectivity index (χ4n) is 3.16. The van der Waals surface area contributed by atoms with Crippen LogP contribution in [-0.2, 0) is 19.6 Å². The maximum absolute atomic E-state index is 12.6. The van der Waals surface area contributed by atoms with Crippen LogP contribution in [0.5, 0.6) is 5.75 Å². The summed E-state index contributed by atoms with van der Waals surface area (Å²) in [6.45, 7) is 4.51. The average Bonchev–Trinajstić information content (AvgIpc) is 2.81. The Balaban J connectivity index is 1.65. The number of ether oxygens (including phenoxy) is 2. The molecule has 10 heteroatoms. The van der Waals surface area contributed by atoms with Gasteiger partial charge in [0.1, 0.15) is 5.75 Å². The molecule has 1 N–H and O–H groups in total. The molecule has 0 saturated carbocycles. The zero-order chi connectivity index (χ0) is 19.4. The first-order valence-electron chi connectivity index (χ1n) is 8.86. The summed E-state index contributed by atoms with van der Waals surface area (Å²) in [5, 5.41) is 3.29. The second kappa shape index (κ2) is 8.64. The summed E-state index contributed by atoms with van der Waals surface area (Å²) in [4.78, 5) is 14.8. The quantitative estimate of drug-likeness (QED) is 0.759. The van der Waals surface area contributed by atoms with Crippen LogP contribution < -0.4 is 14.4 Å². The molecule has 1 saturated heterocycles. The highest BCUT2D eigenvalue weighted by Gasteiger charge is 2.31. The largest absolute Gasteiger partial charge is 0.478 e. The minimum Gasteiger partial charge on any atom is -0.478 e. The van der Waals surface area contributed by atoms with E-state index in [1.165, 1.54) is 10.4 Å². The summed E-state index contributed by atoms with van der Waals surface area (Å²) in [6.07, 6.45) is 0.616. The third-order valence-electron chi connectivity index (χ3n) is 4.58. The Kier molecular flexibility index (Phi) is 6.46. The number of sulfonamides is 1. The number of nitrogens with one attached hydrogen (secondary N) is 1. The Bertz CT molecular complexity index is 783. The maximum atomic E-state index is 12.6. The van der Waals surface area contributed by atoms with Crippen molar-refractivity contribution in [3.8, 4) is 5.75 Å². The minimum atomic E-state index is -3.52. The first-order valence-corrected chi connectivity index (χ1v) is 11.1. The highest BCUT2D eigenvalue weighted by Crippen LogP contribution is 2.36. The van der Waals surface area contributed by atoms with Crippen molar-refractivity contribution in [1.82, 2.24) is 10.2 Å². The van der Waals surface area contributed by atoms with Gasteiger partial charge >= 0.3 is 0 Å². The smallest absolute Gasteiger partial charge is 0.261 e. The van der Waals surface area contributed by atoms with Gasteiger partial charge in [0.25, 0.3) is 5.91 Å². The molecule has 0 spiro atoms. The van der Waals surface area contributed by atoms with Crippen molar-refractivity contribution in [2.45, 2.75) is 12.5 Å². The number of hydrogen-bond donors (Lipinski definition) is 1. The summed E-state index contributed by atoms with van der Waals surface area (Å²) < 4.78 is 36.7. The summed E-state index contributed by atoms with van der Waals surface area (Å²) in [7, 11) is -3.52. The lowest BCUT2D eigenvalue weighted by molar-refractivity contribution is -0.128. The van der Waals surface area contributed by atoms with Crippen molar-refractivity contribution in [3.63, 3.8) is 0 Å². The van der Waals surface area contributed by atoms with E-state index in [1.807, 2.05) is 0 Å². The molecule has 8 nitrogen and oxygen atoms in total. The van der Waals surface area contributed by atoms with Crippen LogP contribution in [0.15, 0.2) is 18.2 Å². The number of benzene rings is 1. The normalized spacial score (nSPS) is 21.1. The SMILES string of the molecule is CS(=O)(=O)N1CCC(C(=O)NCCN2CCOCC2)Oc2ccc(Cl)cc21. The number of rotatable bonds is 5. The van der Waals surface area contributed by atoms with Gasteiger partial charge in [0.15, 0.2) is 6.10 Å². The average molecular weight is 418 g/mol. The zero-order valence-corrected chi connectivity index (χ0v) is 16.8. The van der Waals surface area contributed by atoms with E-state index < -0.39 is 16.1 Å². The van der Waals surface area contributed by atoms with Crippen molar-refractivity contribution in [2.24, 2.45) is 0 Å². The maximum Gasteiger partial charge on any atom is 0.261 e. The van der Waals surface area contributed by atoms with E-state index in [2.05, 4.69) is 10.2 Å². The molecule has 1 amide bonds. The van der Waals surface area contributed by atoms with Crippen molar-refractivity contribution >= 4 is 33.2 Å². The molecular weight excluding hydrogens is 394 g/mol. The van der Waals surface area contributed by atoms with Gasteiger partial charge < -0.3 is 14.8 Å². The van der Waals surface area contributed by atoms with Crippen LogP contribution in [-0.4, -0.2) is 77.5 Å². The molecule has 0 aliphatic carbocycles. The van der Waals surface area contributed by atoms with Crippen molar-refractivity contribution in [3.05, 3.63) is 23.2 Å². The van der Waals surface area contributed by atoms with E-state index in [1.54, 1.807) is 12.1 Å². The fourth-order valence-corrected chi connectivity index (χ4v) is 4.26. The van der Waals surface area contributed by atoms with Gasteiger partial charge in [-0.05, 0) is 18.2 Å². The van der Waals surface area contributed by atoms with Gasteiger partial charge in [0.2, 0.25) is 10.0 Å². The molecular formula is C17H24ClN3O5S. The molecule has 1 unspecified atom stereocenters. The van der Waals surface area contributed by atoms with Crippen molar-refractivity contribution < 1.29 is 22.7 Å². The standard InChI is InChI=1S/C17H24ClN3O5S/c1-27(23,24)21-6-4-16(26-15-3-2-13(18)12-14(15)21)17(22)19-5-7-20-8-10-25-11-9-20/h2-3,12,16H,4-11H2,1H3,(H,19,22). The molecule has 2 aliphatic heterocycles. The van der Waals surface area contributed by atoms with Crippen molar-refractivity contribution in [1.29, 1.82) is 0 Å². The van der Waals surface area contributed by atoms with Crippen LogP contribution in [0.2, 0.25) is 5.02 Å². The molecule has 2 aliphatic rings. The van der Waals surface area contributed by atoms with Gasteiger partial charge in [-0.25, -0.2) is 8.42 Å². The molecule has 0 radical (unpaired) electrons. The van der Waals surface area contributed by atoms with E-state index in [0.29, 0.717) is 36.2 Å². The van der Waals surface area contributed by atoms with E-state index in [4.69, 9.17) is 21.1 Å². The van der Waals surface area contributed by atoms with Gasteiger partial charge in [-0.1, -0.05) is 11.6 Å². The van der Waals surface area contributed by atoms with Crippen LogP contribution in [0.25, 0.3) is 0 Å². The highest BCUT2D eigenvalue weighted by molar-refractivity contribution is 7.92. The molecule has 0 aromatic heterocycles. The Morgan fingerprint density at radius 3 is 2.74 bits per heavy atom. The highest BCUT2D eigenvalue weighted by atomic mass is 35.5. The molecule has 27 heavy (non-hydrogen) atoms. The minimum absolute atomic E-state index is 0.147. The number of amides is 1. The van der Waals surface area contributed by atoms with Gasteiger partial charge in [0.05, 0.1) is 25.2 Å². The van der Waals surface area contributed by atoms with Gasteiger partial charge in [-0.3, -0.25) is 14.0 Å². The molecule has 1 aromatic carbocycles. The van der Waals surface area contributed by atoms with E-state index >= 15 is 0 Å². The molecule has 2 heterocycles. The van der Waals surface area contributed by atoms with Crippen LogP contribution in [0, 0.1) is 0 Å². The number of nitrogens with zero attached hydrogens (tertiary/aromatic N) is 2. The third kappa shape index (κ3) is 5.25. The summed E-state index contributed by atoms with van der Waals surface area (Å²) in [5.41, 5.74) is 0.355. The number of anilines is 1. The Labute approximate surface area is 164 Å². The lowest BCUT2D eigenvalue weighted by Gasteiger charge is -2.26. The number of carbonyl (C=O) groups excluding carboxylic acids is 1. The van der Waals surface area contributed by atoms with E-state index in [0.717, 1.165) is 25.9 Å². The zero-order valence-electron chi connectivity index (χ0n) is 15.2. The summed E-state index contributed by atoms with van der Waals surface area (Å²) in [5.74, 6) is 0.0789. The number of morpholine rings is 1. The van der Waals surface area contributed by atoms with Gasteiger partial charge in [-0.15, -0.1) is 0 Å². The van der Waals surface area contributed by atoms with E-state index in [-0.39, 0.29) is 18.9 Å². The number of fused-ring (bicyclic) bond motifs is 1. The molecule has 3 rings (SSSR count). The fraction of sp³-hybridized carbons (Fsp3) is 0.588. The second-order valence-corrected chi connectivity index (χ2v) is 8.93. The predicted molar refractivity (Wildman–Crippen MR) is 103 cm³/mol. The lowest BCUT2D eigenvalue weighted by Crippen LogP contribution is -2.45. The molecule has 0 bridgehead atoms. The topological polar surface area (TPSA) is 88.2 Å². The molecule has 1 aromatic rings. The summed E-state index contributed by atoms with van der Waals surface area (Å²) in [6, 6.07) is 4.74. The number of halogens is 1. The predicted octanol–water partition coefficient (Wildman–Crippen LogP) is 0.706. The second-order valence-electron chi connectivity index (χ2n) is 6.59. The number of carbonyl (C=O) groups is 1. The third-order valence-corrected chi connectivity index (χ3v) is 5.99. The first kappa shape index (κ1) is 20.2. The van der Waals surface area contributed by atoms with Crippen LogP contribution >= 0.6 is 11.6 Å². The Morgan fingerprint density at radius 2 is 2.04 bits per heavy atom. The number of hydrogen-bond acceptors (Lipinski definition) is 6. The molecule has 150 valence electrons. The van der Waals surface area contributed by atoms with Crippen LogP contribution in [0.4, 0.5) is 5.69 Å². The summed E-state index contributed by atoms with van der Waals surface area (Å²) >= 11 is 6.02. The van der Waals surface area contributed by atoms with Crippen LogP contribution in [0.1, 0.15) is 6.42 Å². The van der Waals surface area contributed by atoms with E-state index in [9.17, 15) is 13.2 Å². The molecule has 1 fully saturated rings. The molecule has 1 atom stereocenters. The van der Waals surface area contributed by atoms with Crippen LogP contribution in [0.3, 0.4) is 0 Å². The lowest BCUT2D eigenvalue weighted by atomic mass is 10.2. The Hall–Kier alpha value is -1.55. The van der Waals surface area contributed by atoms with Crippen molar-refractivity contribution in [2.75, 3.05) is 56.5 Å². The van der Waals surface area contributed by atoms with Gasteiger partial charge in [-0.2, -0.15) is 0 Å². The monoisotopic (exact) mass is 417 g/mol. The van der Waals surface area contributed by atoms with Gasteiger partial charge in [0, 0.05) is 44.2 Å². The first-order chi connectivity index (χ1) is 12.8.